The summed E-state index contributed by atoms with van der Waals surface area (Å²) in [4.78, 5) is 17.0. The molecule has 3 aliphatic rings. The van der Waals surface area contributed by atoms with Gasteiger partial charge in [0.05, 0.1) is 16.0 Å². The highest BCUT2D eigenvalue weighted by atomic mass is 32.2. The Bertz CT molecular complexity index is 613. The van der Waals surface area contributed by atoms with E-state index in [-0.39, 0.29) is 10.7 Å². The number of dihydropyridines is 1. The van der Waals surface area contributed by atoms with Gasteiger partial charge in [0.2, 0.25) is 0 Å². The molecule has 2 heterocycles. The summed E-state index contributed by atoms with van der Waals surface area (Å²) in [5, 5.41) is 5.07. The molecule has 1 aliphatic carbocycles. The molecule has 1 spiro atoms. The zero-order valence-corrected chi connectivity index (χ0v) is 13.8. The molecule has 1 amide bonds. The van der Waals surface area contributed by atoms with Crippen LogP contribution in [0.25, 0.3) is 0 Å². The molecule has 0 aromatic carbocycles. The number of unbranched alkanes of at least 4 members (excludes halogenated alkanes) is 3. The second-order valence-corrected chi connectivity index (χ2v) is 7.00. The summed E-state index contributed by atoms with van der Waals surface area (Å²) in [6.45, 7) is 2.96. The normalized spacial score (nSPS) is 25.0. The van der Waals surface area contributed by atoms with E-state index in [0.717, 1.165) is 36.2 Å². The molecule has 1 N–H and O–H groups in total. The summed E-state index contributed by atoms with van der Waals surface area (Å²) in [5.74, 6) is 0.0522. The monoisotopic (exact) mass is 314 g/mol. The van der Waals surface area contributed by atoms with Gasteiger partial charge < -0.3 is 5.32 Å². The van der Waals surface area contributed by atoms with E-state index < -0.39 is 0 Å². The lowest BCUT2D eigenvalue weighted by Gasteiger charge is -2.33. The first-order valence-electron chi connectivity index (χ1n) is 8.06. The van der Waals surface area contributed by atoms with E-state index in [4.69, 9.17) is 0 Å². The third-order valence-corrected chi connectivity index (χ3v) is 5.68. The van der Waals surface area contributed by atoms with Crippen LogP contribution >= 0.6 is 11.8 Å². The van der Waals surface area contributed by atoms with Crippen molar-refractivity contribution in [1.82, 2.24) is 5.32 Å². The van der Waals surface area contributed by atoms with Gasteiger partial charge in [0.15, 0.2) is 0 Å². The van der Waals surface area contributed by atoms with Crippen LogP contribution in [-0.4, -0.2) is 23.4 Å². The van der Waals surface area contributed by atoms with Crippen molar-refractivity contribution in [3.8, 4) is 0 Å². The van der Waals surface area contributed by atoms with Crippen molar-refractivity contribution in [3.05, 3.63) is 46.6 Å². The van der Waals surface area contributed by atoms with E-state index in [1.54, 1.807) is 11.8 Å². The first kappa shape index (κ1) is 15.3. The standard InChI is InChI=1S/C18H22N2OS/c1-2-3-4-7-11-20-17(21)14-13-22-18-10-6-5-8-16(18)19-12-9-15(14)18/h5-6,8-9,12-13H,2-4,7,10-11H2,1H3,(H,20,21). The van der Waals surface area contributed by atoms with Gasteiger partial charge in [0, 0.05) is 12.8 Å². The van der Waals surface area contributed by atoms with Gasteiger partial charge in [-0.25, -0.2) is 0 Å². The number of thioether (sulfide) groups is 1. The lowest BCUT2D eigenvalue weighted by atomic mass is 9.83. The Balaban J connectivity index is 1.65. The fraction of sp³-hybridized carbons (Fsp3) is 0.444. The van der Waals surface area contributed by atoms with E-state index in [2.05, 4.69) is 29.4 Å². The summed E-state index contributed by atoms with van der Waals surface area (Å²) in [7, 11) is 0. The maximum absolute atomic E-state index is 12.5. The maximum Gasteiger partial charge on any atom is 0.252 e. The molecule has 22 heavy (non-hydrogen) atoms. The van der Waals surface area contributed by atoms with Crippen LogP contribution in [0.5, 0.6) is 0 Å². The first-order valence-corrected chi connectivity index (χ1v) is 8.94. The predicted octanol–water partition coefficient (Wildman–Crippen LogP) is 3.91. The van der Waals surface area contributed by atoms with Gasteiger partial charge in [0.1, 0.15) is 0 Å². The van der Waals surface area contributed by atoms with Crippen LogP contribution in [0, 0.1) is 0 Å². The van der Waals surface area contributed by atoms with E-state index in [1.165, 1.54) is 19.3 Å². The molecule has 1 unspecified atom stereocenters. The summed E-state index contributed by atoms with van der Waals surface area (Å²) in [6, 6.07) is 0. The minimum absolute atomic E-state index is 0.0522. The van der Waals surface area contributed by atoms with Crippen LogP contribution < -0.4 is 5.32 Å². The summed E-state index contributed by atoms with van der Waals surface area (Å²) < 4.78 is -0.168. The molecule has 0 fully saturated rings. The van der Waals surface area contributed by atoms with E-state index >= 15 is 0 Å². The highest BCUT2D eigenvalue weighted by Gasteiger charge is 2.46. The smallest absolute Gasteiger partial charge is 0.252 e. The molecule has 4 heteroatoms. The molecule has 0 bridgehead atoms. The van der Waals surface area contributed by atoms with Gasteiger partial charge in [-0.1, -0.05) is 38.3 Å². The van der Waals surface area contributed by atoms with Crippen molar-refractivity contribution in [2.24, 2.45) is 4.99 Å². The lowest BCUT2D eigenvalue weighted by Crippen LogP contribution is -2.34. The zero-order chi connectivity index (χ0) is 15.4. The number of rotatable bonds is 6. The van der Waals surface area contributed by atoms with Crippen molar-refractivity contribution >= 4 is 23.9 Å². The molecule has 3 nitrogen and oxygen atoms in total. The SMILES string of the molecule is CCCCCCNC(=O)C1=CSC23CC=CC=C2N=CC=C13. The number of carbonyl (C=O) groups excluding carboxylic acids is 1. The van der Waals surface area contributed by atoms with Gasteiger partial charge >= 0.3 is 0 Å². The van der Waals surface area contributed by atoms with Crippen molar-refractivity contribution in [1.29, 1.82) is 0 Å². The van der Waals surface area contributed by atoms with Crippen molar-refractivity contribution in [2.45, 2.75) is 43.8 Å². The molecule has 0 saturated carbocycles. The van der Waals surface area contributed by atoms with Gasteiger partial charge in [0.25, 0.3) is 5.91 Å². The fourth-order valence-corrected chi connectivity index (χ4v) is 4.37. The Labute approximate surface area is 136 Å². The number of nitrogens with one attached hydrogen (secondary N) is 1. The van der Waals surface area contributed by atoms with Crippen LogP contribution in [0.4, 0.5) is 0 Å². The average Bonchev–Trinajstić information content (AvgIpc) is 2.92. The molecule has 0 aromatic rings. The Morgan fingerprint density at radius 2 is 2.27 bits per heavy atom. The molecule has 3 rings (SSSR count). The van der Waals surface area contributed by atoms with Gasteiger partial charge in [-0.3, -0.25) is 9.79 Å². The number of aliphatic imine (C=N–C) groups is 1. The van der Waals surface area contributed by atoms with Crippen LogP contribution in [0.2, 0.25) is 0 Å². The van der Waals surface area contributed by atoms with Crippen LogP contribution in [0.15, 0.2) is 51.5 Å². The van der Waals surface area contributed by atoms with E-state index in [1.807, 2.05) is 23.8 Å². The number of carbonyl (C=O) groups is 1. The Hall–Kier alpha value is -1.55. The third kappa shape index (κ3) is 2.72. The topological polar surface area (TPSA) is 41.5 Å². The first-order chi connectivity index (χ1) is 10.8. The molecular formula is C18H22N2OS. The highest BCUT2D eigenvalue weighted by Crippen LogP contribution is 2.54. The molecule has 2 aliphatic heterocycles. The Kier molecular flexibility index (Phi) is 4.67. The molecule has 0 radical (unpaired) electrons. The van der Waals surface area contributed by atoms with Crippen LogP contribution in [0.3, 0.4) is 0 Å². The molecule has 116 valence electrons. The largest absolute Gasteiger partial charge is 0.352 e. The molecule has 1 atom stereocenters. The number of nitrogens with zero attached hydrogens (tertiary/aromatic N) is 1. The predicted molar refractivity (Wildman–Crippen MR) is 94.0 cm³/mol. The number of hydrogen-bond donors (Lipinski definition) is 1. The Morgan fingerprint density at radius 3 is 3.14 bits per heavy atom. The molecule has 0 saturated heterocycles. The van der Waals surface area contributed by atoms with E-state index in [9.17, 15) is 4.79 Å². The summed E-state index contributed by atoms with van der Waals surface area (Å²) in [5.41, 5.74) is 2.97. The third-order valence-electron chi connectivity index (χ3n) is 4.33. The summed E-state index contributed by atoms with van der Waals surface area (Å²) >= 11 is 1.72. The lowest BCUT2D eigenvalue weighted by molar-refractivity contribution is -0.117. The van der Waals surface area contributed by atoms with Gasteiger partial charge in [-0.15, -0.1) is 11.8 Å². The minimum atomic E-state index is -0.168. The highest BCUT2D eigenvalue weighted by molar-refractivity contribution is 8.04. The Morgan fingerprint density at radius 1 is 1.36 bits per heavy atom. The fourth-order valence-electron chi connectivity index (χ4n) is 3.08. The molecule has 0 aromatic heterocycles. The number of allylic oxidation sites excluding steroid dienone is 4. The van der Waals surface area contributed by atoms with Crippen LogP contribution in [0.1, 0.15) is 39.0 Å². The summed E-state index contributed by atoms with van der Waals surface area (Å²) in [6.07, 6.45) is 15.7. The molecular weight excluding hydrogens is 292 g/mol. The van der Waals surface area contributed by atoms with E-state index in [0.29, 0.717) is 0 Å². The second-order valence-electron chi connectivity index (χ2n) is 5.84. The quantitative estimate of drug-likeness (QED) is 0.755. The van der Waals surface area contributed by atoms with Crippen molar-refractivity contribution in [2.75, 3.05) is 6.54 Å². The maximum atomic E-state index is 12.5. The second kappa shape index (κ2) is 6.69. The minimum Gasteiger partial charge on any atom is -0.352 e. The van der Waals surface area contributed by atoms with Crippen LogP contribution in [-0.2, 0) is 4.79 Å². The van der Waals surface area contributed by atoms with Gasteiger partial charge in [-0.2, -0.15) is 0 Å². The zero-order valence-electron chi connectivity index (χ0n) is 13.0. The average molecular weight is 314 g/mol. The van der Waals surface area contributed by atoms with Crippen molar-refractivity contribution < 1.29 is 4.79 Å². The number of amides is 1. The number of hydrogen-bond acceptors (Lipinski definition) is 3. The van der Waals surface area contributed by atoms with Crippen molar-refractivity contribution in [3.63, 3.8) is 0 Å². The van der Waals surface area contributed by atoms with Gasteiger partial charge in [-0.05, 0) is 36.0 Å².